The molecule has 3 aliphatic rings. The molecule has 3 heterocycles. The maximum atomic E-state index is 15.0. The Morgan fingerprint density at radius 3 is 2.30 bits per heavy atom. The van der Waals surface area contributed by atoms with Gasteiger partial charge in [-0.2, -0.15) is 0 Å². The van der Waals surface area contributed by atoms with Crippen LogP contribution in [0.2, 0.25) is 5.02 Å². The summed E-state index contributed by atoms with van der Waals surface area (Å²) < 4.78 is 10.9. The Morgan fingerprint density at radius 2 is 1.53 bits per heavy atom. The number of hydrogen-bond acceptors (Lipinski definition) is 6. The van der Waals surface area contributed by atoms with Crippen LogP contribution in [0.15, 0.2) is 97.2 Å². The summed E-state index contributed by atoms with van der Waals surface area (Å²) in [6, 6.07) is 25.2. The summed E-state index contributed by atoms with van der Waals surface area (Å²) in [5.41, 5.74) is 2.40. The van der Waals surface area contributed by atoms with Crippen LogP contribution < -0.4 is 14.8 Å². The molecule has 1 saturated heterocycles. The molecular weight excluding hydrogens is 564 g/mol. The van der Waals surface area contributed by atoms with Gasteiger partial charge in [-0.3, -0.25) is 14.4 Å². The zero-order valence-corrected chi connectivity index (χ0v) is 24.2. The summed E-state index contributed by atoms with van der Waals surface area (Å²) >= 11 is 6.17. The molecular formula is C35H27ClN2O5. The predicted octanol–water partition coefficient (Wildman–Crippen LogP) is 6.34. The van der Waals surface area contributed by atoms with Crippen molar-refractivity contribution in [3.05, 3.63) is 130 Å². The van der Waals surface area contributed by atoms with Crippen molar-refractivity contribution in [2.24, 2.45) is 5.92 Å². The van der Waals surface area contributed by atoms with E-state index in [1.54, 1.807) is 42.5 Å². The maximum Gasteiger partial charge on any atom is 0.238 e. The normalized spacial score (nSPS) is 22.9. The number of carbonyl (C=O) groups excluding carboxylic acids is 3. The molecule has 0 radical (unpaired) electrons. The average molecular weight is 591 g/mol. The first-order valence-corrected chi connectivity index (χ1v) is 14.3. The molecule has 4 aromatic carbocycles. The first-order valence-electron chi connectivity index (χ1n) is 13.9. The quantitative estimate of drug-likeness (QED) is 0.264. The Hall–Kier alpha value is -4.88. The topological polar surface area (TPSA) is 84.9 Å². The van der Waals surface area contributed by atoms with E-state index in [2.05, 4.69) is 5.32 Å². The number of benzene rings is 4. The summed E-state index contributed by atoms with van der Waals surface area (Å²) in [6.07, 6.45) is 3.78. The van der Waals surface area contributed by atoms with Crippen LogP contribution in [0, 0.1) is 5.92 Å². The SMILES string of the molecule is COc1ccc(C(=O)[C@@H]2[C@@H](C(=O)c3ccc(Cl)cc3)N3C=Cc4ccccc4[C@@H]3[C@]23C(=O)Nc2ccccc23)cc1OC. The van der Waals surface area contributed by atoms with Gasteiger partial charge in [0, 0.05) is 28.0 Å². The minimum Gasteiger partial charge on any atom is -0.493 e. The molecule has 0 aromatic heterocycles. The number of ether oxygens (including phenoxy) is 2. The standard InChI is InChI=1S/C35H27ClN2O5/c1-42-27-16-13-22(19-28(27)43-2)31(39)29-30(32(40)21-11-14-23(36)15-12-21)38-18-17-20-7-3-4-8-24(20)33(38)35(29)25-9-5-6-10-26(25)37-34(35)41/h3-19,29-30,33H,1-2H3,(H,37,41)/t29-,30-,33+,35+/m0/s1. The van der Waals surface area contributed by atoms with E-state index in [0.717, 1.165) is 11.1 Å². The van der Waals surface area contributed by atoms with Gasteiger partial charge in [-0.15, -0.1) is 0 Å². The molecule has 43 heavy (non-hydrogen) atoms. The highest BCUT2D eigenvalue weighted by molar-refractivity contribution is 6.30. The lowest BCUT2D eigenvalue weighted by atomic mass is 9.62. The number of para-hydroxylation sites is 1. The summed E-state index contributed by atoms with van der Waals surface area (Å²) in [5.74, 6) is -1.20. The van der Waals surface area contributed by atoms with Crippen LogP contribution in [-0.4, -0.2) is 42.6 Å². The zero-order chi connectivity index (χ0) is 29.9. The van der Waals surface area contributed by atoms with Crippen molar-refractivity contribution < 1.29 is 23.9 Å². The number of amides is 1. The number of nitrogens with zero attached hydrogens (tertiary/aromatic N) is 1. The van der Waals surface area contributed by atoms with Gasteiger partial charge in [-0.05, 0) is 71.3 Å². The van der Waals surface area contributed by atoms with Crippen LogP contribution in [0.3, 0.4) is 0 Å². The summed E-state index contributed by atoms with van der Waals surface area (Å²) in [5, 5.41) is 3.55. The molecule has 1 amide bonds. The second-order valence-electron chi connectivity index (χ2n) is 10.9. The second kappa shape index (κ2) is 10.1. The van der Waals surface area contributed by atoms with Gasteiger partial charge in [0.25, 0.3) is 0 Å². The second-order valence-corrected chi connectivity index (χ2v) is 11.3. The van der Waals surface area contributed by atoms with Crippen LogP contribution in [-0.2, 0) is 10.2 Å². The largest absolute Gasteiger partial charge is 0.493 e. The third-order valence-corrected chi connectivity index (χ3v) is 9.17. The minimum atomic E-state index is -1.42. The Morgan fingerprint density at radius 1 is 0.837 bits per heavy atom. The van der Waals surface area contributed by atoms with E-state index in [0.29, 0.717) is 38.9 Å². The fourth-order valence-corrected chi connectivity index (χ4v) is 7.25. The molecule has 0 saturated carbocycles. The molecule has 1 fully saturated rings. The number of anilines is 1. The molecule has 0 bridgehead atoms. The van der Waals surface area contributed by atoms with Crippen molar-refractivity contribution in [1.29, 1.82) is 0 Å². The number of nitrogens with one attached hydrogen (secondary N) is 1. The highest BCUT2D eigenvalue weighted by Crippen LogP contribution is 2.62. The molecule has 1 spiro atoms. The Bertz CT molecular complexity index is 1830. The molecule has 214 valence electrons. The molecule has 3 aliphatic heterocycles. The molecule has 0 unspecified atom stereocenters. The fourth-order valence-electron chi connectivity index (χ4n) is 7.12. The Balaban J connectivity index is 1.52. The van der Waals surface area contributed by atoms with Crippen LogP contribution in [0.4, 0.5) is 5.69 Å². The molecule has 1 N–H and O–H groups in total. The number of ketones is 2. The predicted molar refractivity (Wildman–Crippen MR) is 164 cm³/mol. The van der Waals surface area contributed by atoms with Crippen molar-refractivity contribution >= 4 is 40.8 Å². The molecule has 8 heteroatoms. The number of hydrogen-bond donors (Lipinski definition) is 1. The first-order chi connectivity index (χ1) is 20.9. The van der Waals surface area contributed by atoms with Crippen molar-refractivity contribution in [3.8, 4) is 11.5 Å². The van der Waals surface area contributed by atoms with Crippen LogP contribution in [0.5, 0.6) is 11.5 Å². The molecule has 7 nitrogen and oxygen atoms in total. The highest BCUT2D eigenvalue weighted by atomic mass is 35.5. The minimum absolute atomic E-state index is 0.279. The van der Waals surface area contributed by atoms with E-state index in [1.165, 1.54) is 14.2 Å². The third-order valence-electron chi connectivity index (χ3n) is 8.92. The van der Waals surface area contributed by atoms with E-state index in [-0.39, 0.29) is 17.5 Å². The summed E-state index contributed by atoms with van der Waals surface area (Å²) in [4.78, 5) is 46.1. The lowest BCUT2D eigenvalue weighted by Crippen LogP contribution is -2.49. The number of rotatable bonds is 6. The van der Waals surface area contributed by atoms with E-state index >= 15 is 0 Å². The van der Waals surface area contributed by atoms with Gasteiger partial charge in [0.2, 0.25) is 5.91 Å². The Kier molecular flexibility index (Phi) is 6.36. The van der Waals surface area contributed by atoms with E-state index in [4.69, 9.17) is 21.1 Å². The number of carbonyl (C=O) groups is 3. The summed E-state index contributed by atoms with van der Waals surface area (Å²) in [6.45, 7) is 0. The number of fused-ring (bicyclic) bond motifs is 6. The molecule has 7 rings (SSSR count). The third kappa shape index (κ3) is 3.85. The van der Waals surface area contributed by atoms with Crippen LogP contribution in [0.25, 0.3) is 6.08 Å². The van der Waals surface area contributed by atoms with Gasteiger partial charge in [-0.25, -0.2) is 0 Å². The van der Waals surface area contributed by atoms with Gasteiger partial charge in [0.05, 0.1) is 26.2 Å². The van der Waals surface area contributed by atoms with Gasteiger partial charge in [0.15, 0.2) is 23.1 Å². The van der Waals surface area contributed by atoms with E-state index in [1.807, 2.05) is 65.7 Å². The number of halogens is 1. The lowest BCUT2D eigenvalue weighted by molar-refractivity contribution is -0.122. The summed E-state index contributed by atoms with van der Waals surface area (Å²) in [7, 11) is 3.02. The average Bonchev–Trinajstić information content (AvgIpc) is 3.52. The van der Waals surface area contributed by atoms with E-state index < -0.39 is 23.4 Å². The van der Waals surface area contributed by atoms with E-state index in [9.17, 15) is 14.4 Å². The van der Waals surface area contributed by atoms with Gasteiger partial charge in [0.1, 0.15) is 11.5 Å². The molecule has 4 aromatic rings. The lowest BCUT2D eigenvalue weighted by Gasteiger charge is -2.38. The fraction of sp³-hybridized carbons (Fsp3) is 0.171. The maximum absolute atomic E-state index is 15.0. The first kappa shape index (κ1) is 27.0. The van der Waals surface area contributed by atoms with Crippen LogP contribution >= 0.6 is 11.6 Å². The number of methoxy groups -OCH3 is 2. The van der Waals surface area contributed by atoms with Gasteiger partial charge < -0.3 is 19.7 Å². The van der Waals surface area contributed by atoms with Crippen molar-refractivity contribution in [2.45, 2.75) is 17.5 Å². The van der Waals surface area contributed by atoms with Crippen molar-refractivity contribution in [3.63, 3.8) is 0 Å². The Labute approximate surface area is 253 Å². The number of Topliss-reactive ketones (excluding diaryl/α,β-unsaturated/α-hetero) is 2. The smallest absolute Gasteiger partial charge is 0.238 e. The van der Waals surface area contributed by atoms with Gasteiger partial charge in [-0.1, -0.05) is 54.1 Å². The van der Waals surface area contributed by atoms with Crippen LogP contribution in [0.1, 0.15) is 43.4 Å². The van der Waals surface area contributed by atoms with Gasteiger partial charge >= 0.3 is 0 Å². The highest BCUT2D eigenvalue weighted by Gasteiger charge is 2.70. The molecule has 4 atom stereocenters. The molecule has 0 aliphatic carbocycles. The monoisotopic (exact) mass is 590 g/mol. The van der Waals surface area contributed by atoms with Crippen molar-refractivity contribution in [1.82, 2.24) is 4.90 Å². The zero-order valence-electron chi connectivity index (χ0n) is 23.4. The van der Waals surface area contributed by atoms with Crippen molar-refractivity contribution in [2.75, 3.05) is 19.5 Å².